The monoisotopic (exact) mass is 393 g/mol. The van der Waals surface area contributed by atoms with Gasteiger partial charge in [-0.2, -0.15) is 0 Å². The largest absolute Gasteiger partial charge is 0.359 e. The number of nitrogens with zero attached hydrogens (tertiary/aromatic N) is 1. The van der Waals surface area contributed by atoms with Crippen molar-refractivity contribution in [3.63, 3.8) is 0 Å². The number of rotatable bonds is 6. The fourth-order valence-electron chi connectivity index (χ4n) is 3.35. The highest BCUT2D eigenvalue weighted by Gasteiger charge is 2.32. The first-order valence-electron chi connectivity index (χ1n) is 9.38. The molecule has 7 heteroatoms. The second kappa shape index (κ2) is 9.74. The molecule has 2 rings (SSSR count). The Bertz CT molecular complexity index is 676. The van der Waals surface area contributed by atoms with Gasteiger partial charge in [0.1, 0.15) is 6.04 Å². The van der Waals surface area contributed by atoms with Gasteiger partial charge in [0.05, 0.1) is 5.92 Å². The highest BCUT2D eigenvalue weighted by molar-refractivity contribution is 6.30. The summed E-state index contributed by atoms with van der Waals surface area (Å²) >= 11 is 5.87. The van der Waals surface area contributed by atoms with E-state index in [1.165, 1.54) is 0 Å². The average Bonchev–Trinajstić information content (AvgIpc) is 2.66. The Morgan fingerprint density at radius 3 is 2.48 bits per heavy atom. The van der Waals surface area contributed by atoms with Crippen molar-refractivity contribution in [2.45, 2.75) is 39.2 Å². The van der Waals surface area contributed by atoms with Crippen molar-refractivity contribution in [3.05, 3.63) is 34.9 Å². The lowest BCUT2D eigenvalue weighted by Gasteiger charge is -2.34. The van der Waals surface area contributed by atoms with Gasteiger partial charge in [0.2, 0.25) is 11.8 Å². The molecule has 0 aliphatic carbocycles. The molecule has 1 aromatic rings. The smallest absolute Gasteiger partial charge is 0.251 e. The van der Waals surface area contributed by atoms with Crippen LogP contribution in [-0.4, -0.2) is 48.8 Å². The van der Waals surface area contributed by atoms with Crippen LogP contribution < -0.4 is 10.6 Å². The fraction of sp³-hybridized carbons (Fsp3) is 0.550. The number of amides is 3. The molecule has 0 saturated carbocycles. The molecule has 27 heavy (non-hydrogen) atoms. The number of benzene rings is 1. The highest BCUT2D eigenvalue weighted by Crippen LogP contribution is 2.19. The first kappa shape index (κ1) is 21.2. The van der Waals surface area contributed by atoms with Crippen molar-refractivity contribution in [3.8, 4) is 0 Å². The Kier molecular flexibility index (Phi) is 7.66. The van der Waals surface area contributed by atoms with Crippen LogP contribution in [0.2, 0.25) is 5.02 Å². The minimum atomic E-state index is -0.614. The van der Waals surface area contributed by atoms with E-state index in [4.69, 9.17) is 11.6 Å². The fourth-order valence-corrected chi connectivity index (χ4v) is 3.48. The molecule has 1 fully saturated rings. The third-order valence-electron chi connectivity index (χ3n) is 4.77. The molecule has 1 aromatic carbocycles. The number of hydrogen-bond acceptors (Lipinski definition) is 3. The van der Waals surface area contributed by atoms with E-state index in [1.54, 1.807) is 36.2 Å². The lowest BCUT2D eigenvalue weighted by Crippen LogP contribution is -2.53. The van der Waals surface area contributed by atoms with Gasteiger partial charge in [0, 0.05) is 30.7 Å². The van der Waals surface area contributed by atoms with E-state index in [0.29, 0.717) is 30.1 Å². The van der Waals surface area contributed by atoms with Crippen molar-refractivity contribution in [2.75, 3.05) is 20.1 Å². The van der Waals surface area contributed by atoms with Crippen LogP contribution in [0.5, 0.6) is 0 Å². The predicted molar refractivity (Wildman–Crippen MR) is 106 cm³/mol. The van der Waals surface area contributed by atoms with E-state index in [-0.39, 0.29) is 29.6 Å². The molecule has 1 saturated heterocycles. The van der Waals surface area contributed by atoms with Gasteiger partial charge in [-0.05, 0) is 49.4 Å². The number of hydrogen-bond donors (Lipinski definition) is 2. The third-order valence-corrected chi connectivity index (χ3v) is 5.02. The summed E-state index contributed by atoms with van der Waals surface area (Å²) in [5, 5.41) is 6.07. The quantitative estimate of drug-likeness (QED) is 0.779. The maximum absolute atomic E-state index is 13.1. The van der Waals surface area contributed by atoms with Gasteiger partial charge in [0.25, 0.3) is 5.91 Å². The van der Waals surface area contributed by atoms with Crippen LogP contribution in [0.25, 0.3) is 0 Å². The second-order valence-electron chi connectivity index (χ2n) is 7.40. The Hall–Kier alpha value is -2.08. The van der Waals surface area contributed by atoms with Gasteiger partial charge < -0.3 is 15.5 Å². The number of piperidine rings is 1. The SMILES string of the molecule is CNC(=O)C1CCCN(C(=O)C(CC(C)C)NC(=O)c2ccc(Cl)cc2)C1. The summed E-state index contributed by atoms with van der Waals surface area (Å²) < 4.78 is 0. The van der Waals surface area contributed by atoms with Crippen molar-refractivity contribution >= 4 is 29.3 Å². The average molecular weight is 394 g/mol. The number of likely N-dealkylation sites (tertiary alicyclic amines) is 1. The van der Waals surface area contributed by atoms with Crippen LogP contribution in [0.4, 0.5) is 0 Å². The van der Waals surface area contributed by atoms with Gasteiger partial charge in [-0.1, -0.05) is 25.4 Å². The molecule has 148 valence electrons. The molecule has 0 spiro atoms. The highest BCUT2D eigenvalue weighted by atomic mass is 35.5. The molecular formula is C20H28ClN3O3. The lowest BCUT2D eigenvalue weighted by atomic mass is 9.95. The maximum Gasteiger partial charge on any atom is 0.251 e. The molecule has 0 bridgehead atoms. The first-order valence-corrected chi connectivity index (χ1v) is 9.76. The molecule has 0 aromatic heterocycles. The van der Waals surface area contributed by atoms with E-state index in [0.717, 1.165) is 12.8 Å². The summed E-state index contributed by atoms with van der Waals surface area (Å²) in [4.78, 5) is 39.3. The molecule has 1 heterocycles. The van der Waals surface area contributed by atoms with E-state index >= 15 is 0 Å². The summed E-state index contributed by atoms with van der Waals surface area (Å²) in [6, 6.07) is 5.95. The summed E-state index contributed by atoms with van der Waals surface area (Å²) in [6.07, 6.45) is 2.10. The Balaban J connectivity index is 2.09. The molecule has 0 radical (unpaired) electrons. The Morgan fingerprint density at radius 2 is 1.89 bits per heavy atom. The molecule has 1 aliphatic heterocycles. The Labute approximate surface area is 165 Å². The van der Waals surface area contributed by atoms with Gasteiger partial charge in [-0.3, -0.25) is 14.4 Å². The number of nitrogens with one attached hydrogen (secondary N) is 2. The van der Waals surface area contributed by atoms with Crippen molar-refractivity contribution in [2.24, 2.45) is 11.8 Å². The number of carbonyl (C=O) groups excluding carboxylic acids is 3. The number of carbonyl (C=O) groups is 3. The predicted octanol–water partition coefficient (Wildman–Crippen LogP) is 2.47. The third kappa shape index (κ3) is 5.96. The minimum Gasteiger partial charge on any atom is -0.359 e. The molecule has 2 atom stereocenters. The zero-order chi connectivity index (χ0) is 20.0. The summed E-state index contributed by atoms with van der Waals surface area (Å²) in [5.41, 5.74) is 0.461. The summed E-state index contributed by atoms with van der Waals surface area (Å²) in [7, 11) is 1.61. The second-order valence-corrected chi connectivity index (χ2v) is 7.84. The molecular weight excluding hydrogens is 366 g/mol. The number of halogens is 1. The minimum absolute atomic E-state index is 0.0434. The molecule has 1 aliphatic rings. The van der Waals surface area contributed by atoms with Crippen LogP contribution >= 0.6 is 11.6 Å². The standard InChI is InChI=1S/C20H28ClN3O3/c1-13(2)11-17(23-19(26)14-6-8-16(21)9-7-14)20(27)24-10-4-5-15(12-24)18(25)22-3/h6-9,13,15,17H,4-5,10-12H2,1-3H3,(H,22,25)(H,23,26). The van der Waals surface area contributed by atoms with Crippen LogP contribution in [0.1, 0.15) is 43.5 Å². The summed E-state index contributed by atoms with van der Waals surface area (Å²) in [5.74, 6) is -0.424. The van der Waals surface area contributed by atoms with Crippen molar-refractivity contribution in [1.29, 1.82) is 0 Å². The van der Waals surface area contributed by atoms with E-state index in [1.807, 2.05) is 13.8 Å². The zero-order valence-electron chi connectivity index (χ0n) is 16.1. The van der Waals surface area contributed by atoms with Gasteiger partial charge in [0.15, 0.2) is 0 Å². The van der Waals surface area contributed by atoms with Crippen molar-refractivity contribution in [1.82, 2.24) is 15.5 Å². The van der Waals surface area contributed by atoms with E-state index in [9.17, 15) is 14.4 Å². The maximum atomic E-state index is 13.1. The Morgan fingerprint density at radius 1 is 1.22 bits per heavy atom. The van der Waals surface area contributed by atoms with E-state index < -0.39 is 6.04 Å². The molecule has 6 nitrogen and oxygen atoms in total. The topological polar surface area (TPSA) is 78.5 Å². The van der Waals surface area contributed by atoms with Crippen LogP contribution in [0.3, 0.4) is 0 Å². The normalized spacial score (nSPS) is 18.1. The van der Waals surface area contributed by atoms with E-state index in [2.05, 4.69) is 10.6 Å². The molecule has 3 amide bonds. The van der Waals surface area contributed by atoms with Gasteiger partial charge in [-0.15, -0.1) is 0 Å². The van der Waals surface area contributed by atoms with Gasteiger partial charge >= 0.3 is 0 Å². The lowest BCUT2D eigenvalue weighted by molar-refractivity contribution is -0.137. The zero-order valence-corrected chi connectivity index (χ0v) is 16.9. The van der Waals surface area contributed by atoms with Crippen LogP contribution in [-0.2, 0) is 9.59 Å². The molecule has 2 unspecified atom stereocenters. The summed E-state index contributed by atoms with van der Waals surface area (Å²) in [6.45, 7) is 5.03. The van der Waals surface area contributed by atoms with Crippen LogP contribution in [0.15, 0.2) is 24.3 Å². The molecule has 2 N–H and O–H groups in total. The van der Waals surface area contributed by atoms with Crippen LogP contribution in [0, 0.1) is 11.8 Å². The van der Waals surface area contributed by atoms with Crippen molar-refractivity contribution < 1.29 is 14.4 Å². The first-order chi connectivity index (χ1) is 12.8. The van der Waals surface area contributed by atoms with Gasteiger partial charge in [-0.25, -0.2) is 0 Å².